The minimum Gasteiger partial charge on any atom is -0.377 e. The van der Waals surface area contributed by atoms with Crippen LogP contribution in [0.1, 0.15) is 25.4 Å². The third-order valence-corrected chi connectivity index (χ3v) is 1.97. The van der Waals surface area contributed by atoms with Crippen LogP contribution in [0.15, 0.2) is 6.07 Å². The van der Waals surface area contributed by atoms with Gasteiger partial charge in [-0.15, -0.1) is 0 Å². The van der Waals surface area contributed by atoms with Crippen molar-refractivity contribution in [2.45, 2.75) is 26.9 Å². The van der Waals surface area contributed by atoms with Crippen molar-refractivity contribution in [2.24, 2.45) is 5.92 Å². The molecule has 0 aromatic carbocycles. The van der Waals surface area contributed by atoms with Crippen molar-refractivity contribution in [3.63, 3.8) is 0 Å². The zero-order chi connectivity index (χ0) is 10.6. The van der Waals surface area contributed by atoms with E-state index in [0.717, 1.165) is 17.9 Å². The summed E-state index contributed by atoms with van der Waals surface area (Å²) >= 11 is 5.07. The molecule has 0 fully saturated rings. The Labute approximate surface area is 89.5 Å². The Bertz CT molecular complexity index is 346. The Hall–Kier alpha value is -0.740. The van der Waals surface area contributed by atoms with Crippen LogP contribution in [0, 0.1) is 10.6 Å². The van der Waals surface area contributed by atoms with Gasteiger partial charge in [0.05, 0.1) is 0 Å². The number of nitrogens with one attached hydrogen (secondary N) is 1. The molecule has 0 amide bonds. The van der Waals surface area contributed by atoms with E-state index in [0.29, 0.717) is 17.2 Å². The van der Waals surface area contributed by atoms with Crippen LogP contribution < -0.4 is 0 Å². The molecule has 0 aliphatic heterocycles. The monoisotopic (exact) mass is 212 g/mol. The molecule has 0 saturated heterocycles. The lowest BCUT2D eigenvalue weighted by Gasteiger charge is -2.07. The lowest BCUT2D eigenvalue weighted by atomic mass is 10.1. The van der Waals surface area contributed by atoms with Gasteiger partial charge in [0.15, 0.2) is 0 Å². The van der Waals surface area contributed by atoms with Gasteiger partial charge in [-0.3, -0.25) is 0 Å². The second kappa shape index (κ2) is 5.22. The highest BCUT2D eigenvalue weighted by atomic mass is 32.1. The van der Waals surface area contributed by atoms with E-state index in [4.69, 9.17) is 17.0 Å². The highest BCUT2D eigenvalue weighted by Gasteiger charge is 2.01. The van der Waals surface area contributed by atoms with Crippen LogP contribution in [0.5, 0.6) is 0 Å². The summed E-state index contributed by atoms with van der Waals surface area (Å²) in [6.07, 6.45) is 0.989. The van der Waals surface area contributed by atoms with Gasteiger partial charge in [-0.1, -0.05) is 26.1 Å². The molecule has 1 aromatic rings. The number of hydrogen-bond acceptors (Lipinski definition) is 3. The lowest BCUT2D eigenvalue weighted by Crippen LogP contribution is -2.03. The molecular weight excluding hydrogens is 196 g/mol. The molecule has 1 N–H and O–H groups in total. The molecule has 14 heavy (non-hydrogen) atoms. The summed E-state index contributed by atoms with van der Waals surface area (Å²) < 4.78 is 5.63. The van der Waals surface area contributed by atoms with Crippen LogP contribution in [0.4, 0.5) is 0 Å². The first-order chi connectivity index (χ1) is 6.61. The van der Waals surface area contributed by atoms with E-state index >= 15 is 0 Å². The second-order valence-electron chi connectivity index (χ2n) is 3.72. The zero-order valence-electron chi connectivity index (χ0n) is 8.83. The molecule has 0 bridgehead atoms. The highest BCUT2D eigenvalue weighted by molar-refractivity contribution is 7.71. The van der Waals surface area contributed by atoms with E-state index in [1.165, 1.54) is 0 Å². The van der Waals surface area contributed by atoms with Crippen molar-refractivity contribution >= 4 is 12.2 Å². The molecule has 4 heteroatoms. The molecule has 0 unspecified atom stereocenters. The molecule has 0 radical (unpaired) electrons. The van der Waals surface area contributed by atoms with E-state index in [1.54, 1.807) is 7.11 Å². The molecule has 3 nitrogen and oxygen atoms in total. The molecule has 0 spiro atoms. The van der Waals surface area contributed by atoms with E-state index in [9.17, 15) is 0 Å². The predicted octanol–water partition coefficient (Wildman–Crippen LogP) is 2.48. The highest BCUT2D eigenvalue weighted by Crippen LogP contribution is 2.06. The summed E-state index contributed by atoms with van der Waals surface area (Å²) in [5.41, 5.74) is 1.13. The van der Waals surface area contributed by atoms with Gasteiger partial charge in [-0.25, -0.2) is 4.98 Å². The van der Waals surface area contributed by atoms with E-state index < -0.39 is 0 Å². The predicted molar refractivity (Wildman–Crippen MR) is 58.7 cm³/mol. The molecular formula is C10H16N2OS. The number of methoxy groups -OCH3 is 1. The molecule has 1 aromatic heterocycles. The molecule has 78 valence electrons. The lowest BCUT2D eigenvalue weighted by molar-refractivity contribution is 0.177. The Kier molecular flexibility index (Phi) is 4.22. The van der Waals surface area contributed by atoms with Crippen LogP contribution in [0.3, 0.4) is 0 Å². The SMILES string of the molecule is COCc1nc(=S)cc(CC(C)C)[nH]1. The summed E-state index contributed by atoms with van der Waals surface area (Å²) in [6, 6.07) is 1.91. The van der Waals surface area contributed by atoms with Gasteiger partial charge in [0, 0.05) is 12.8 Å². The van der Waals surface area contributed by atoms with Crippen molar-refractivity contribution in [1.82, 2.24) is 9.97 Å². The summed E-state index contributed by atoms with van der Waals surface area (Å²) in [7, 11) is 1.65. The topological polar surface area (TPSA) is 37.9 Å². The van der Waals surface area contributed by atoms with E-state index in [1.807, 2.05) is 6.07 Å². The fourth-order valence-electron chi connectivity index (χ4n) is 1.32. The number of nitrogens with zero attached hydrogens (tertiary/aromatic N) is 1. The van der Waals surface area contributed by atoms with E-state index in [2.05, 4.69) is 23.8 Å². The second-order valence-corrected chi connectivity index (χ2v) is 4.14. The van der Waals surface area contributed by atoms with Crippen LogP contribution in [-0.2, 0) is 17.8 Å². The maximum atomic E-state index is 5.07. The first-order valence-corrected chi connectivity index (χ1v) is 5.10. The Morgan fingerprint density at radius 3 is 2.86 bits per heavy atom. The summed E-state index contributed by atoms with van der Waals surface area (Å²) in [6.45, 7) is 4.83. The normalized spacial score (nSPS) is 10.9. The van der Waals surface area contributed by atoms with Gasteiger partial charge in [0.25, 0.3) is 0 Å². The summed E-state index contributed by atoms with van der Waals surface area (Å²) in [5.74, 6) is 1.41. The molecule has 0 aliphatic carbocycles. The summed E-state index contributed by atoms with van der Waals surface area (Å²) in [5, 5.41) is 0. The number of hydrogen-bond donors (Lipinski definition) is 1. The van der Waals surface area contributed by atoms with E-state index in [-0.39, 0.29) is 0 Å². The van der Waals surface area contributed by atoms with Gasteiger partial charge in [0.2, 0.25) is 0 Å². The Morgan fingerprint density at radius 2 is 2.29 bits per heavy atom. The van der Waals surface area contributed by atoms with Gasteiger partial charge < -0.3 is 9.72 Å². The minimum atomic E-state index is 0.482. The van der Waals surface area contributed by atoms with Gasteiger partial charge in [-0.05, 0) is 18.4 Å². The number of ether oxygens (including phenoxy) is 1. The standard InChI is InChI=1S/C10H16N2OS/c1-7(2)4-8-5-10(14)12-9(11-8)6-13-3/h5,7H,4,6H2,1-3H3,(H,11,12,14). The van der Waals surface area contributed by atoms with Crippen LogP contribution in [0.2, 0.25) is 0 Å². The molecule has 1 rings (SSSR count). The number of aromatic nitrogens is 2. The summed E-state index contributed by atoms with van der Waals surface area (Å²) in [4.78, 5) is 7.38. The quantitative estimate of drug-likeness (QED) is 0.779. The Balaban J connectivity index is 2.89. The minimum absolute atomic E-state index is 0.482. The third kappa shape index (κ3) is 3.55. The molecule has 0 atom stereocenters. The first kappa shape index (κ1) is 11.3. The van der Waals surface area contributed by atoms with Crippen LogP contribution >= 0.6 is 12.2 Å². The fourth-order valence-corrected chi connectivity index (χ4v) is 1.57. The first-order valence-electron chi connectivity index (χ1n) is 4.70. The third-order valence-electron chi connectivity index (χ3n) is 1.76. The molecule has 0 aliphatic rings. The smallest absolute Gasteiger partial charge is 0.133 e. The maximum Gasteiger partial charge on any atom is 0.133 e. The maximum absolute atomic E-state index is 5.07. The average Bonchev–Trinajstić information content (AvgIpc) is 2.01. The number of H-pyrrole nitrogens is 1. The van der Waals surface area contributed by atoms with Crippen LogP contribution in [0.25, 0.3) is 0 Å². The van der Waals surface area contributed by atoms with Crippen molar-refractivity contribution < 1.29 is 4.74 Å². The number of rotatable bonds is 4. The van der Waals surface area contributed by atoms with Crippen molar-refractivity contribution in [1.29, 1.82) is 0 Å². The van der Waals surface area contributed by atoms with Crippen LogP contribution in [-0.4, -0.2) is 17.1 Å². The fraction of sp³-hybridized carbons (Fsp3) is 0.600. The molecule has 1 heterocycles. The van der Waals surface area contributed by atoms with Crippen molar-refractivity contribution in [3.8, 4) is 0 Å². The largest absolute Gasteiger partial charge is 0.377 e. The van der Waals surface area contributed by atoms with Crippen molar-refractivity contribution in [3.05, 3.63) is 22.2 Å². The average molecular weight is 212 g/mol. The zero-order valence-corrected chi connectivity index (χ0v) is 9.65. The molecule has 0 saturated carbocycles. The van der Waals surface area contributed by atoms with Gasteiger partial charge in [0.1, 0.15) is 17.1 Å². The number of aromatic amines is 1. The van der Waals surface area contributed by atoms with Crippen molar-refractivity contribution in [2.75, 3.05) is 7.11 Å². The van der Waals surface area contributed by atoms with Gasteiger partial charge >= 0.3 is 0 Å². The van der Waals surface area contributed by atoms with Gasteiger partial charge in [-0.2, -0.15) is 0 Å². The Morgan fingerprint density at radius 1 is 1.57 bits per heavy atom.